The van der Waals surface area contributed by atoms with Gasteiger partial charge in [0.1, 0.15) is 11.3 Å². The largest absolute Gasteiger partial charge is 0.303 e. The van der Waals surface area contributed by atoms with Gasteiger partial charge in [-0.05, 0) is 31.2 Å². The Balaban J connectivity index is 1.76. The molecule has 4 aromatic rings. The molecule has 0 saturated heterocycles. The van der Waals surface area contributed by atoms with E-state index in [1.807, 2.05) is 55.6 Å². The third-order valence-corrected chi connectivity index (χ3v) is 3.62. The molecule has 0 fully saturated rings. The Hall–Kier alpha value is -3.15. The van der Waals surface area contributed by atoms with Crippen LogP contribution in [-0.4, -0.2) is 25.5 Å². The van der Waals surface area contributed by atoms with Crippen LogP contribution in [0.25, 0.3) is 16.6 Å². The highest BCUT2D eigenvalue weighted by Crippen LogP contribution is 2.21. The fourth-order valence-corrected chi connectivity index (χ4v) is 2.61. The van der Waals surface area contributed by atoms with Crippen molar-refractivity contribution in [3.63, 3.8) is 0 Å². The first-order valence-corrected chi connectivity index (χ1v) is 6.92. The summed E-state index contributed by atoms with van der Waals surface area (Å²) in [5.41, 5.74) is 2.83. The topological polar surface area (TPSA) is 75.1 Å². The van der Waals surface area contributed by atoms with Crippen LogP contribution in [0.2, 0.25) is 0 Å². The van der Waals surface area contributed by atoms with Gasteiger partial charge in [-0.3, -0.25) is 14.3 Å². The van der Waals surface area contributed by atoms with Crippen LogP contribution in [0.3, 0.4) is 0 Å². The molecule has 0 bridgehead atoms. The van der Waals surface area contributed by atoms with Crippen LogP contribution in [0.1, 0.15) is 16.2 Å². The summed E-state index contributed by atoms with van der Waals surface area (Å²) in [6, 6.07) is 13.3. The molecule has 0 radical (unpaired) electrons. The minimum absolute atomic E-state index is 0.228. The van der Waals surface area contributed by atoms with Crippen molar-refractivity contribution in [3.8, 4) is 0 Å². The number of aromatic nitrogens is 4. The molecular weight excluding hydrogens is 278 g/mol. The number of carbonyl (C=O) groups is 1. The third kappa shape index (κ3) is 1.85. The second-order valence-electron chi connectivity index (χ2n) is 5.05. The summed E-state index contributed by atoms with van der Waals surface area (Å²) < 4.78 is 1.78. The molecule has 0 unspecified atom stereocenters. The summed E-state index contributed by atoms with van der Waals surface area (Å²) >= 11 is 0. The van der Waals surface area contributed by atoms with Crippen LogP contribution < -0.4 is 5.32 Å². The van der Waals surface area contributed by atoms with Crippen LogP contribution in [0.4, 0.5) is 5.82 Å². The predicted molar refractivity (Wildman–Crippen MR) is 84.0 cm³/mol. The van der Waals surface area contributed by atoms with Crippen molar-refractivity contribution in [2.45, 2.75) is 6.92 Å². The molecule has 0 aliphatic rings. The smallest absolute Gasteiger partial charge is 0.275 e. The van der Waals surface area contributed by atoms with Crippen molar-refractivity contribution in [2.75, 3.05) is 5.32 Å². The number of rotatable bonds is 2. The van der Waals surface area contributed by atoms with Crippen molar-refractivity contribution in [2.24, 2.45) is 0 Å². The summed E-state index contributed by atoms with van der Waals surface area (Å²) in [7, 11) is 0. The SMILES string of the molecule is Cc1nc2ccccn2c1C(=O)Nc1n[nH]c2ccccc12. The number of benzene rings is 1. The Morgan fingerprint density at radius 1 is 1.18 bits per heavy atom. The number of nitrogens with zero attached hydrogens (tertiary/aromatic N) is 3. The van der Waals surface area contributed by atoms with E-state index in [2.05, 4.69) is 20.5 Å². The van der Waals surface area contributed by atoms with Gasteiger partial charge in [-0.25, -0.2) is 4.98 Å². The average Bonchev–Trinajstić information content (AvgIpc) is 3.07. The fraction of sp³-hybridized carbons (Fsp3) is 0.0625. The molecule has 6 nitrogen and oxygen atoms in total. The lowest BCUT2D eigenvalue weighted by molar-refractivity contribution is 0.102. The Kier molecular flexibility index (Phi) is 2.69. The summed E-state index contributed by atoms with van der Waals surface area (Å²) in [4.78, 5) is 17.0. The highest BCUT2D eigenvalue weighted by Gasteiger charge is 2.18. The number of hydrogen-bond acceptors (Lipinski definition) is 3. The molecule has 3 heterocycles. The molecule has 0 spiro atoms. The van der Waals surface area contributed by atoms with Gasteiger partial charge in [-0.15, -0.1) is 0 Å². The number of nitrogens with one attached hydrogen (secondary N) is 2. The van der Waals surface area contributed by atoms with Crippen molar-refractivity contribution >= 4 is 28.3 Å². The molecule has 0 atom stereocenters. The molecule has 108 valence electrons. The first-order chi connectivity index (χ1) is 10.7. The minimum Gasteiger partial charge on any atom is -0.303 e. The maximum absolute atomic E-state index is 12.6. The van der Waals surface area contributed by atoms with E-state index in [4.69, 9.17) is 0 Å². The van der Waals surface area contributed by atoms with Crippen molar-refractivity contribution < 1.29 is 4.79 Å². The molecule has 2 N–H and O–H groups in total. The van der Waals surface area contributed by atoms with Gasteiger partial charge in [0.05, 0.1) is 11.2 Å². The highest BCUT2D eigenvalue weighted by atomic mass is 16.2. The molecule has 1 amide bonds. The molecule has 1 aromatic carbocycles. The second-order valence-corrected chi connectivity index (χ2v) is 5.05. The van der Waals surface area contributed by atoms with Crippen LogP contribution in [0.15, 0.2) is 48.7 Å². The van der Waals surface area contributed by atoms with Gasteiger partial charge < -0.3 is 5.32 Å². The molecule has 0 saturated carbocycles. The zero-order valence-electron chi connectivity index (χ0n) is 11.9. The summed E-state index contributed by atoms with van der Waals surface area (Å²) in [5, 5.41) is 10.8. The molecule has 0 aliphatic carbocycles. The number of pyridine rings is 1. The van der Waals surface area contributed by atoms with E-state index in [1.54, 1.807) is 4.40 Å². The standard InChI is InChI=1S/C16H13N5O/c1-10-14(21-9-5-4-8-13(21)17-10)16(22)18-15-11-6-2-3-7-12(11)19-20-15/h2-9H,1H3,(H2,18,19,20,22). The Morgan fingerprint density at radius 2 is 2.00 bits per heavy atom. The Morgan fingerprint density at radius 3 is 2.91 bits per heavy atom. The number of amides is 1. The number of H-pyrrole nitrogens is 1. The molecule has 22 heavy (non-hydrogen) atoms. The lowest BCUT2D eigenvalue weighted by Crippen LogP contribution is -2.16. The number of aromatic amines is 1. The van der Waals surface area contributed by atoms with E-state index in [0.29, 0.717) is 17.2 Å². The summed E-state index contributed by atoms with van der Waals surface area (Å²) in [6.07, 6.45) is 1.83. The number of hydrogen-bond donors (Lipinski definition) is 2. The van der Waals surface area contributed by atoms with E-state index >= 15 is 0 Å². The molecule has 4 rings (SSSR count). The van der Waals surface area contributed by atoms with E-state index in [1.165, 1.54) is 0 Å². The van der Waals surface area contributed by atoms with E-state index in [-0.39, 0.29) is 5.91 Å². The number of carbonyl (C=O) groups excluding carboxylic acids is 1. The number of fused-ring (bicyclic) bond motifs is 2. The van der Waals surface area contributed by atoms with E-state index in [9.17, 15) is 4.79 Å². The zero-order valence-corrected chi connectivity index (χ0v) is 11.9. The molecule has 3 aromatic heterocycles. The monoisotopic (exact) mass is 291 g/mol. The van der Waals surface area contributed by atoms with Gasteiger partial charge >= 0.3 is 0 Å². The van der Waals surface area contributed by atoms with Crippen molar-refractivity contribution in [3.05, 3.63) is 60.0 Å². The quantitative estimate of drug-likeness (QED) is 0.596. The van der Waals surface area contributed by atoms with Crippen LogP contribution >= 0.6 is 0 Å². The van der Waals surface area contributed by atoms with Crippen LogP contribution in [0, 0.1) is 6.92 Å². The van der Waals surface area contributed by atoms with Gasteiger partial charge in [0.15, 0.2) is 5.82 Å². The number of anilines is 1. The lowest BCUT2D eigenvalue weighted by atomic mass is 10.2. The number of aryl methyl sites for hydroxylation is 1. The predicted octanol–water partition coefficient (Wildman–Crippen LogP) is 2.77. The fourth-order valence-electron chi connectivity index (χ4n) is 2.61. The van der Waals surface area contributed by atoms with Gasteiger partial charge in [-0.2, -0.15) is 5.10 Å². The molecular formula is C16H13N5O. The zero-order chi connectivity index (χ0) is 15.1. The van der Waals surface area contributed by atoms with Gasteiger partial charge in [-0.1, -0.05) is 18.2 Å². The van der Waals surface area contributed by atoms with Gasteiger partial charge in [0.25, 0.3) is 5.91 Å². The maximum atomic E-state index is 12.6. The van der Waals surface area contributed by atoms with Crippen molar-refractivity contribution in [1.29, 1.82) is 0 Å². The first kappa shape index (κ1) is 12.6. The summed E-state index contributed by atoms with van der Waals surface area (Å²) in [6.45, 7) is 1.82. The average molecular weight is 291 g/mol. The Labute approximate surface area is 125 Å². The van der Waals surface area contributed by atoms with E-state index < -0.39 is 0 Å². The van der Waals surface area contributed by atoms with E-state index in [0.717, 1.165) is 16.6 Å². The third-order valence-electron chi connectivity index (χ3n) is 3.62. The second kappa shape index (κ2) is 4.70. The Bertz CT molecular complexity index is 998. The lowest BCUT2D eigenvalue weighted by Gasteiger charge is -2.03. The summed E-state index contributed by atoms with van der Waals surface area (Å²) in [5.74, 6) is 0.291. The number of para-hydroxylation sites is 1. The van der Waals surface area contributed by atoms with Gasteiger partial charge in [0.2, 0.25) is 0 Å². The van der Waals surface area contributed by atoms with Crippen LogP contribution in [0.5, 0.6) is 0 Å². The first-order valence-electron chi connectivity index (χ1n) is 6.92. The molecule has 6 heteroatoms. The maximum Gasteiger partial charge on any atom is 0.275 e. The normalized spacial score (nSPS) is 11.1. The minimum atomic E-state index is -0.228. The number of imidazole rings is 1. The molecule has 0 aliphatic heterocycles. The highest BCUT2D eigenvalue weighted by molar-refractivity contribution is 6.07. The van der Waals surface area contributed by atoms with Crippen molar-refractivity contribution in [1.82, 2.24) is 19.6 Å². The van der Waals surface area contributed by atoms with Gasteiger partial charge in [0, 0.05) is 11.6 Å². The van der Waals surface area contributed by atoms with Crippen LogP contribution in [-0.2, 0) is 0 Å².